The Labute approximate surface area is 105 Å². The van der Waals surface area contributed by atoms with Crippen LogP contribution in [0.15, 0.2) is 18.3 Å². The van der Waals surface area contributed by atoms with Crippen LogP contribution >= 0.6 is 0 Å². The molecule has 6 heteroatoms. The molecule has 0 aromatic carbocycles. The predicted octanol–water partition coefficient (Wildman–Crippen LogP) is 0.130. The van der Waals surface area contributed by atoms with Gasteiger partial charge in [0.1, 0.15) is 5.82 Å². The largest absolute Gasteiger partial charge is 0.352 e. The quantitative estimate of drug-likeness (QED) is 0.753. The van der Waals surface area contributed by atoms with Gasteiger partial charge in [-0.3, -0.25) is 9.69 Å². The lowest BCUT2D eigenvalue weighted by molar-refractivity contribution is -0.126. The molecule has 0 spiro atoms. The van der Waals surface area contributed by atoms with E-state index >= 15 is 0 Å². The third-order valence-electron chi connectivity index (χ3n) is 3.39. The molecule has 2 aliphatic heterocycles. The number of nitrogens with one attached hydrogen (secondary N) is 1. The maximum Gasteiger partial charge on any atom is 0.324 e. The first-order chi connectivity index (χ1) is 8.66. The minimum atomic E-state index is -0.276. The van der Waals surface area contributed by atoms with Gasteiger partial charge in [-0.25, -0.2) is 9.78 Å². The van der Waals surface area contributed by atoms with E-state index in [1.165, 1.54) is 4.90 Å². The first kappa shape index (κ1) is 11.0. The Morgan fingerprint density at radius 3 is 2.78 bits per heavy atom. The zero-order valence-corrected chi connectivity index (χ0v) is 10.1. The first-order valence-corrected chi connectivity index (χ1v) is 5.93. The number of aryl methyl sites for hydroxylation is 1. The zero-order chi connectivity index (χ0) is 12.7. The van der Waals surface area contributed by atoms with Crippen molar-refractivity contribution in [2.45, 2.75) is 13.0 Å². The van der Waals surface area contributed by atoms with Gasteiger partial charge >= 0.3 is 6.03 Å². The fourth-order valence-electron chi connectivity index (χ4n) is 2.40. The van der Waals surface area contributed by atoms with Crippen LogP contribution in [0.2, 0.25) is 0 Å². The molecule has 0 saturated carbocycles. The summed E-state index contributed by atoms with van der Waals surface area (Å²) in [5.41, 5.74) is 1.10. The summed E-state index contributed by atoms with van der Waals surface area (Å²) in [4.78, 5) is 30.8. The van der Waals surface area contributed by atoms with Gasteiger partial charge in [0.15, 0.2) is 0 Å². The van der Waals surface area contributed by atoms with Gasteiger partial charge in [0.05, 0.1) is 12.6 Å². The van der Waals surface area contributed by atoms with Crippen molar-refractivity contribution in [1.29, 1.82) is 0 Å². The standard InChI is InChI=1S/C12H14N4O2/c1-8-3-2-4-13-11(8)15-6-9(7-15)16-10(17)5-14-12(16)18/h2-4,9H,5-7H2,1H3,(H,14,18). The highest BCUT2D eigenvalue weighted by atomic mass is 16.2. The van der Waals surface area contributed by atoms with Crippen molar-refractivity contribution in [2.24, 2.45) is 0 Å². The number of nitrogens with zero attached hydrogens (tertiary/aromatic N) is 3. The van der Waals surface area contributed by atoms with Gasteiger partial charge in [-0.05, 0) is 18.6 Å². The van der Waals surface area contributed by atoms with Gasteiger partial charge in [-0.1, -0.05) is 6.07 Å². The molecule has 6 nitrogen and oxygen atoms in total. The highest BCUT2D eigenvalue weighted by molar-refractivity contribution is 6.02. The molecule has 3 rings (SSSR count). The van der Waals surface area contributed by atoms with Crippen molar-refractivity contribution in [1.82, 2.24) is 15.2 Å². The number of anilines is 1. The van der Waals surface area contributed by atoms with Crippen molar-refractivity contribution in [3.8, 4) is 0 Å². The van der Waals surface area contributed by atoms with Crippen LogP contribution in [0.5, 0.6) is 0 Å². The number of imide groups is 1. The van der Waals surface area contributed by atoms with E-state index in [0.29, 0.717) is 13.1 Å². The van der Waals surface area contributed by atoms with E-state index in [-0.39, 0.29) is 24.5 Å². The Balaban J connectivity index is 1.69. The average Bonchev–Trinajstić information content (AvgIpc) is 2.61. The van der Waals surface area contributed by atoms with E-state index in [1.807, 2.05) is 19.1 Å². The van der Waals surface area contributed by atoms with Crippen molar-refractivity contribution < 1.29 is 9.59 Å². The van der Waals surface area contributed by atoms with Crippen LogP contribution in [0.3, 0.4) is 0 Å². The second kappa shape index (κ2) is 3.97. The molecule has 1 aromatic heterocycles. The van der Waals surface area contributed by atoms with Crippen molar-refractivity contribution in [3.63, 3.8) is 0 Å². The molecule has 18 heavy (non-hydrogen) atoms. The zero-order valence-electron chi connectivity index (χ0n) is 10.1. The normalized spacial score (nSPS) is 20.1. The van der Waals surface area contributed by atoms with E-state index in [4.69, 9.17) is 0 Å². The van der Waals surface area contributed by atoms with E-state index < -0.39 is 0 Å². The molecule has 1 N–H and O–H groups in total. The molecule has 2 fully saturated rings. The number of carbonyl (C=O) groups excluding carboxylic acids is 2. The first-order valence-electron chi connectivity index (χ1n) is 5.93. The summed E-state index contributed by atoms with van der Waals surface area (Å²) < 4.78 is 0. The average molecular weight is 246 g/mol. The van der Waals surface area contributed by atoms with Crippen LogP contribution in [-0.2, 0) is 4.79 Å². The smallest absolute Gasteiger partial charge is 0.324 e. The van der Waals surface area contributed by atoms with Gasteiger partial charge in [0.25, 0.3) is 0 Å². The monoisotopic (exact) mass is 246 g/mol. The maximum absolute atomic E-state index is 11.5. The minimum Gasteiger partial charge on any atom is -0.352 e. The number of urea groups is 1. The minimum absolute atomic E-state index is 0.0265. The Morgan fingerprint density at radius 1 is 1.39 bits per heavy atom. The van der Waals surface area contributed by atoms with Gasteiger partial charge in [0.2, 0.25) is 5.91 Å². The Kier molecular flexibility index (Phi) is 2.43. The van der Waals surface area contributed by atoms with Crippen LogP contribution in [0.25, 0.3) is 0 Å². The van der Waals surface area contributed by atoms with Gasteiger partial charge < -0.3 is 10.2 Å². The SMILES string of the molecule is Cc1cccnc1N1CC(N2C(=O)CNC2=O)C1. The van der Waals surface area contributed by atoms with Crippen LogP contribution < -0.4 is 10.2 Å². The van der Waals surface area contributed by atoms with Crippen molar-refractivity contribution in [3.05, 3.63) is 23.9 Å². The number of pyridine rings is 1. The second-order valence-corrected chi connectivity index (χ2v) is 4.63. The lowest BCUT2D eigenvalue weighted by Crippen LogP contribution is -2.61. The van der Waals surface area contributed by atoms with Crippen LogP contribution in [0.1, 0.15) is 5.56 Å². The highest BCUT2D eigenvalue weighted by Gasteiger charge is 2.41. The summed E-state index contributed by atoms with van der Waals surface area (Å²) in [5.74, 6) is 0.795. The third kappa shape index (κ3) is 1.61. The van der Waals surface area contributed by atoms with E-state index in [2.05, 4.69) is 15.2 Å². The Bertz CT molecular complexity index is 495. The molecule has 0 aliphatic carbocycles. The Hall–Kier alpha value is -2.11. The summed E-state index contributed by atoms with van der Waals surface area (Å²) in [6.45, 7) is 3.45. The molecular formula is C12H14N4O2. The highest BCUT2D eigenvalue weighted by Crippen LogP contribution is 2.25. The second-order valence-electron chi connectivity index (χ2n) is 4.63. The van der Waals surface area contributed by atoms with E-state index in [9.17, 15) is 9.59 Å². The van der Waals surface area contributed by atoms with Crippen LogP contribution in [0.4, 0.5) is 10.6 Å². The molecule has 0 unspecified atom stereocenters. The number of hydrogen-bond donors (Lipinski definition) is 1. The van der Waals surface area contributed by atoms with Crippen LogP contribution in [-0.4, -0.2) is 47.5 Å². The summed E-state index contributed by atoms with van der Waals surface area (Å²) in [7, 11) is 0. The van der Waals surface area contributed by atoms with Crippen LogP contribution in [0, 0.1) is 6.92 Å². The topological polar surface area (TPSA) is 65.5 Å². The summed E-state index contributed by atoms with van der Waals surface area (Å²) in [5, 5.41) is 2.54. The molecule has 0 bridgehead atoms. The molecule has 2 saturated heterocycles. The maximum atomic E-state index is 11.5. The van der Waals surface area contributed by atoms with Gasteiger partial charge in [-0.15, -0.1) is 0 Å². The molecule has 3 amide bonds. The van der Waals surface area contributed by atoms with E-state index in [0.717, 1.165) is 11.4 Å². The Morgan fingerprint density at radius 2 is 2.17 bits per heavy atom. The molecule has 3 heterocycles. The van der Waals surface area contributed by atoms with E-state index in [1.54, 1.807) is 6.20 Å². The van der Waals surface area contributed by atoms with Gasteiger partial charge in [0, 0.05) is 19.3 Å². The predicted molar refractivity (Wildman–Crippen MR) is 65.2 cm³/mol. The number of rotatable bonds is 2. The molecule has 0 atom stereocenters. The summed E-state index contributed by atoms with van der Waals surface area (Å²) >= 11 is 0. The van der Waals surface area contributed by atoms with Crippen molar-refractivity contribution >= 4 is 17.8 Å². The van der Waals surface area contributed by atoms with Gasteiger partial charge in [-0.2, -0.15) is 0 Å². The molecule has 0 radical (unpaired) electrons. The molecule has 94 valence electrons. The fraction of sp³-hybridized carbons (Fsp3) is 0.417. The fourth-order valence-corrected chi connectivity index (χ4v) is 2.40. The summed E-state index contributed by atoms with van der Waals surface area (Å²) in [6, 6.07) is 3.60. The molecule has 2 aliphatic rings. The molecule has 1 aromatic rings. The lowest BCUT2D eigenvalue weighted by Gasteiger charge is -2.43. The lowest BCUT2D eigenvalue weighted by atomic mass is 10.1. The number of amides is 3. The third-order valence-corrected chi connectivity index (χ3v) is 3.39. The summed E-state index contributed by atoms with van der Waals surface area (Å²) in [6.07, 6.45) is 1.75. The number of carbonyl (C=O) groups is 2. The molecular weight excluding hydrogens is 232 g/mol. The number of aromatic nitrogens is 1. The number of hydrogen-bond acceptors (Lipinski definition) is 4. The van der Waals surface area contributed by atoms with Crippen molar-refractivity contribution in [2.75, 3.05) is 24.5 Å².